The quantitative estimate of drug-likeness (QED) is 0.708. The molecule has 0 saturated carbocycles. The van der Waals surface area contributed by atoms with Crippen molar-refractivity contribution in [1.82, 2.24) is 0 Å². The summed E-state index contributed by atoms with van der Waals surface area (Å²) in [4.78, 5) is 0. The molecule has 0 amide bonds. The molecule has 0 aliphatic heterocycles. The van der Waals surface area contributed by atoms with Crippen molar-refractivity contribution in [2.75, 3.05) is 0 Å². The molecule has 0 bridgehead atoms. The van der Waals surface area contributed by atoms with Gasteiger partial charge in [-0.2, -0.15) is 10.5 Å². The van der Waals surface area contributed by atoms with E-state index < -0.39 is 0 Å². The molecule has 0 saturated heterocycles. The van der Waals surface area contributed by atoms with E-state index in [4.69, 9.17) is 10.5 Å². The second-order valence-electron chi connectivity index (χ2n) is 5.37. The highest BCUT2D eigenvalue weighted by Gasteiger charge is 2.35. The molecule has 2 nitrogen and oxygen atoms in total. The normalized spacial score (nSPS) is 14.1. The summed E-state index contributed by atoms with van der Waals surface area (Å²) in [6.45, 7) is 4.28. The largest absolute Gasteiger partial charge is 0.192 e. The van der Waals surface area contributed by atoms with Crippen molar-refractivity contribution in [2.24, 2.45) is 0 Å². The van der Waals surface area contributed by atoms with E-state index in [2.05, 4.69) is 26.0 Å². The zero-order valence-corrected chi connectivity index (χ0v) is 10.9. The van der Waals surface area contributed by atoms with Gasteiger partial charge in [-0.05, 0) is 46.5 Å². The molecule has 0 aromatic heterocycles. The summed E-state index contributed by atoms with van der Waals surface area (Å²) < 4.78 is 0. The van der Waals surface area contributed by atoms with Crippen molar-refractivity contribution >= 4 is 0 Å². The van der Waals surface area contributed by atoms with Gasteiger partial charge in [-0.25, -0.2) is 0 Å². The average Bonchev–Trinajstić information content (AvgIpc) is 2.67. The van der Waals surface area contributed by atoms with Crippen LogP contribution < -0.4 is 0 Å². The fourth-order valence-corrected chi connectivity index (χ4v) is 2.88. The Morgan fingerprint density at radius 1 is 0.789 bits per heavy atom. The van der Waals surface area contributed by atoms with Crippen molar-refractivity contribution in [1.29, 1.82) is 10.5 Å². The Bertz CT molecular complexity index is 705. The van der Waals surface area contributed by atoms with Crippen LogP contribution in [-0.4, -0.2) is 0 Å². The lowest BCUT2D eigenvalue weighted by molar-refractivity contribution is 0.660. The minimum absolute atomic E-state index is 0.162. The van der Waals surface area contributed by atoms with Crippen LogP contribution in [0.1, 0.15) is 36.1 Å². The lowest BCUT2D eigenvalue weighted by Gasteiger charge is -2.21. The van der Waals surface area contributed by atoms with E-state index in [-0.39, 0.29) is 5.41 Å². The maximum absolute atomic E-state index is 9.05. The van der Waals surface area contributed by atoms with Crippen LogP contribution in [0.2, 0.25) is 0 Å². The van der Waals surface area contributed by atoms with Gasteiger partial charge < -0.3 is 0 Å². The van der Waals surface area contributed by atoms with Gasteiger partial charge in [0.05, 0.1) is 23.3 Å². The Morgan fingerprint density at radius 3 is 1.58 bits per heavy atom. The molecule has 1 aliphatic rings. The maximum atomic E-state index is 9.05. The van der Waals surface area contributed by atoms with Crippen molar-refractivity contribution in [3.63, 3.8) is 0 Å². The fraction of sp³-hybridized carbons (Fsp3) is 0.176. The number of hydrogen-bond acceptors (Lipinski definition) is 2. The molecule has 19 heavy (non-hydrogen) atoms. The van der Waals surface area contributed by atoms with Crippen molar-refractivity contribution < 1.29 is 0 Å². The number of fused-ring (bicyclic) bond motifs is 3. The molecule has 0 atom stereocenters. The molecule has 2 aromatic carbocycles. The summed E-state index contributed by atoms with van der Waals surface area (Å²) in [7, 11) is 0. The lowest BCUT2D eigenvalue weighted by Crippen LogP contribution is -2.15. The highest BCUT2D eigenvalue weighted by atomic mass is 14.4. The molecule has 0 unspecified atom stereocenters. The first-order valence-electron chi connectivity index (χ1n) is 6.17. The van der Waals surface area contributed by atoms with Crippen LogP contribution in [-0.2, 0) is 5.41 Å². The maximum Gasteiger partial charge on any atom is 0.0991 e. The molecule has 0 fully saturated rings. The molecule has 1 aliphatic carbocycles. The van der Waals surface area contributed by atoms with Crippen molar-refractivity contribution in [3.8, 4) is 23.3 Å². The van der Waals surface area contributed by atoms with E-state index in [0.29, 0.717) is 11.1 Å². The molecule has 0 N–H and O–H groups in total. The molecule has 2 heteroatoms. The SMILES string of the molecule is CC1(C)c2cc(C#N)ccc2-c2ccc(C#N)cc21. The van der Waals surface area contributed by atoms with E-state index in [1.807, 2.05) is 36.4 Å². The number of hydrogen-bond donors (Lipinski definition) is 0. The first-order chi connectivity index (χ1) is 9.07. The van der Waals surface area contributed by atoms with E-state index in [1.54, 1.807) is 0 Å². The number of benzene rings is 2. The third-order valence-corrected chi connectivity index (χ3v) is 3.93. The Morgan fingerprint density at radius 2 is 1.21 bits per heavy atom. The summed E-state index contributed by atoms with van der Waals surface area (Å²) in [6.07, 6.45) is 0. The van der Waals surface area contributed by atoms with Gasteiger partial charge in [0, 0.05) is 5.41 Å². The van der Waals surface area contributed by atoms with Gasteiger partial charge in [0.25, 0.3) is 0 Å². The standard InChI is InChI=1S/C17H12N2/c1-17(2)15-7-11(9-18)3-5-13(15)14-6-4-12(10-19)8-16(14)17/h3-8H,1-2H3. The van der Waals surface area contributed by atoms with Crippen LogP contribution in [0.3, 0.4) is 0 Å². The van der Waals surface area contributed by atoms with Gasteiger partial charge in [0.2, 0.25) is 0 Å². The summed E-state index contributed by atoms with van der Waals surface area (Å²) >= 11 is 0. The summed E-state index contributed by atoms with van der Waals surface area (Å²) in [6, 6.07) is 16.0. The van der Waals surface area contributed by atoms with Crippen LogP contribution in [0.25, 0.3) is 11.1 Å². The average molecular weight is 244 g/mol. The molecular weight excluding hydrogens is 232 g/mol. The summed E-state index contributed by atoms with van der Waals surface area (Å²) in [5.41, 5.74) is 5.87. The van der Waals surface area contributed by atoms with Gasteiger partial charge in [-0.15, -0.1) is 0 Å². The smallest absolute Gasteiger partial charge is 0.0991 e. The van der Waals surface area contributed by atoms with Gasteiger partial charge in [0.15, 0.2) is 0 Å². The lowest BCUT2D eigenvalue weighted by atomic mass is 9.81. The number of nitrogens with zero attached hydrogens (tertiary/aromatic N) is 2. The molecule has 0 spiro atoms. The topological polar surface area (TPSA) is 47.6 Å². The van der Waals surface area contributed by atoms with Crippen molar-refractivity contribution in [3.05, 3.63) is 58.7 Å². The van der Waals surface area contributed by atoms with Gasteiger partial charge in [-0.3, -0.25) is 0 Å². The van der Waals surface area contributed by atoms with Gasteiger partial charge in [-0.1, -0.05) is 26.0 Å². The van der Waals surface area contributed by atoms with Crippen LogP contribution in [0.4, 0.5) is 0 Å². The first-order valence-corrected chi connectivity index (χ1v) is 6.17. The Kier molecular flexibility index (Phi) is 2.24. The zero-order valence-electron chi connectivity index (χ0n) is 10.9. The van der Waals surface area contributed by atoms with Gasteiger partial charge >= 0.3 is 0 Å². The molecule has 0 heterocycles. The van der Waals surface area contributed by atoms with E-state index in [1.165, 1.54) is 11.1 Å². The zero-order chi connectivity index (χ0) is 13.6. The van der Waals surface area contributed by atoms with E-state index in [9.17, 15) is 0 Å². The molecule has 3 rings (SSSR count). The fourth-order valence-electron chi connectivity index (χ4n) is 2.88. The predicted octanol–water partition coefficient (Wildman–Crippen LogP) is 3.74. The Hall–Kier alpha value is -2.58. The number of rotatable bonds is 0. The summed E-state index contributed by atoms with van der Waals surface area (Å²) in [5, 5.41) is 18.1. The van der Waals surface area contributed by atoms with Crippen molar-refractivity contribution in [2.45, 2.75) is 19.3 Å². The third kappa shape index (κ3) is 1.47. The monoisotopic (exact) mass is 244 g/mol. The Labute approximate surface area is 112 Å². The second-order valence-corrected chi connectivity index (χ2v) is 5.37. The van der Waals surface area contributed by atoms with Crippen LogP contribution in [0, 0.1) is 22.7 Å². The first kappa shape index (κ1) is 11.5. The summed E-state index contributed by atoms with van der Waals surface area (Å²) in [5.74, 6) is 0. The van der Waals surface area contributed by atoms with Gasteiger partial charge in [0.1, 0.15) is 0 Å². The minimum Gasteiger partial charge on any atom is -0.192 e. The van der Waals surface area contributed by atoms with E-state index in [0.717, 1.165) is 11.1 Å². The third-order valence-electron chi connectivity index (χ3n) is 3.93. The van der Waals surface area contributed by atoms with Crippen LogP contribution in [0.5, 0.6) is 0 Å². The highest BCUT2D eigenvalue weighted by Crippen LogP contribution is 2.48. The minimum atomic E-state index is -0.162. The highest BCUT2D eigenvalue weighted by molar-refractivity contribution is 5.81. The molecule has 0 radical (unpaired) electrons. The molecular formula is C17H12N2. The molecule has 2 aromatic rings. The van der Waals surface area contributed by atoms with Crippen LogP contribution >= 0.6 is 0 Å². The number of nitriles is 2. The molecule has 90 valence electrons. The Balaban J connectivity index is 2.33. The van der Waals surface area contributed by atoms with Crippen LogP contribution in [0.15, 0.2) is 36.4 Å². The predicted molar refractivity (Wildman–Crippen MR) is 73.4 cm³/mol. The second kappa shape index (κ2) is 3.70. The van der Waals surface area contributed by atoms with E-state index >= 15 is 0 Å².